The van der Waals surface area contributed by atoms with Crippen molar-refractivity contribution in [1.82, 2.24) is 5.32 Å². The first-order chi connectivity index (χ1) is 10.1. The Bertz CT molecular complexity index is 558. The van der Waals surface area contributed by atoms with Gasteiger partial charge < -0.3 is 5.32 Å². The monoisotopic (exact) mass is 321 g/mol. The summed E-state index contributed by atoms with van der Waals surface area (Å²) >= 11 is 12.6. The second-order valence-corrected chi connectivity index (χ2v) is 6.33. The number of rotatable bonds is 6. The molecule has 1 unspecified atom stereocenters. The highest BCUT2D eigenvalue weighted by atomic mass is 35.5. The molecule has 0 spiro atoms. The molecule has 0 fully saturated rings. The second kappa shape index (κ2) is 7.84. The molecule has 1 N–H and O–H groups in total. The third kappa shape index (κ3) is 4.74. The van der Waals surface area contributed by atoms with E-state index in [0.29, 0.717) is 5.92 Å². The smallest absolute Gasteiger partial charge is 0.0452 e. The van der Waals surface area contributed by atoms with Gasteiger partial charge in [0.2, 0.25) is 0 Å². The fraction of sp³-hybridized carbons (Fsp3) is 0.333. The van der Waals surface area contributed by atoms with Crippen molar-refractivity contribution in [2.24, 2.45) is 5.92 Å². The molecule has 0 aliphatic rings. The first kappa shape index (κ1) is 16.4. The van der Waals surface area contributed by atoms with Crippen LogP contribution in [0.1, 0.15) is 16.7 Å². The number of aryl methyl sites for hydroxylation is 1. The van der Waals surface area contributed by atoms with Gasteiger partial charge in [0.15, 0.2) is 0 Å². The average Bonchev–Trinajstić information content (AvgIpc) is 2.45. The molecule has 21 heavy (non-hydrogen) atoms. The van der Waals surface area contributed by atoms with E-state index in [-0.39, 0.29) is 0 Å². The van der Waals surface area contributed by atoms with Gasteiger partial charge in [-0.3, -0.25) is 0 Å². The van der Waals surface area contributed by atoms with Gasteiger partial charge in [0, 0.05) is 10.0 Å². The summed E-state index contributed by atoms with van der Waals surface area (Å²) in [6.07, 6.45) is 1.90. The largest absolute Gasteiger partial charge is 0.319 e. The lowest BCUT2D eigenvalue weighted by molar-refractivity contribution is 0.493. The van der Waals surface area contributed by atoms with Crippen LogP contribution in [0, 0.1) is 12.8 Å². The maximum Gasteiger partial charge on any atom is 0.0452 e. The molecule has 2 rings (SSSR count). The topological polar surface area (TPSA) is 12.0 Å². The van der Waals surface area contributed by atoms with Crippen LogP contribution in [0.2, 0.25) is 10.0 Å². The normalized spacial score (nSPS) is 12.4. The van der Waals surface area contributed by atoms with Crippen molar-refractivity contribution in [3.63, 3.8) is 0 Å². The first-order valence-corrected chi connectivity index (χ1v) is 7.98. The van der Waals surface area contributed by atoms with Gasteiger partial charge in [-0.15, -0.1) is 0 Å². The zero-order valence-electron chi connectivity index (χ0n) is 12.5. The van der Waals surface area contributed by atoms with Crippen LogP contribution in [0.3, 0.4) is 0 Å². The molecule has 0 heterocycles. The Kier molecular flexibility index (Phi) is 6.10. The Hall–Kier alpha value is -1.02. The van der Waals surface area contributed by atoms with Gasteiger partial charge in [-0.1, -0.05) is 59.1 Å². The molecule has 0 aromatic heterocycles. The molecule has 2 aromatic carbocycles. The zero-order chi connectivity index (χ0) is 15.2. The van der Waals surface area contributed by atoms with Gasteiger partial charge in [-0.05, 0) is 62.5 Å². The summed E-state index contributed by atoms with van der Waals surface area (Å²) in [5.74, 6) is 0.468. The molecule has 0 saturated heterocycles. The van der Waals surface area contributed by atoms with Gasteiger partial charge in [0.25, 0.3) is 0 Å². The minimum atomic E-state index is 0.468. The number of nitrogens with one attached hydrogen (secondary N) is 1. The molecule has 1 atom stereocenters. The molecule has 0 aliphatic heterocycles. The van der Waals surface area contributed by atoms with E-state index >= 15 is 0 Å². The Morgan fingerprint density at radius 2 is 1.57 bits per heavy atom. The third-order valence-electron chi connectivity index (χ3n) is 3.69. The fourth-order valence-corrected chi connectivity index (χ4v) is 3.13. The minimum absolute atomic E-state index is 0.468. The second-order valence-electron chi connectivity index (χ2n) is 5.52. The Balaban J connectivity index is 2.13. The van der Waals surface area contributed by atoms with Crippen LogP contribution in [0.15, 0.2) is 42.5 Å². The van der Waals surface area contributed by atoms with Crippen LogP contribution in [-0.2, 0) is 12.8 Å². The predicted octanol–water partition coefficient (Wildman–Crippen LogP) is 4.92. The number of benzene rings is 2. The van der Waals surface area contributed by atoms with E-state index in [2.05, 4.69) is 36.5 Å². The summed E-state index contributed by atoms with van der Waals surface area (Å²) < 4.78 is 0. The molecule has 0 saturated carbocycles. The lowest BCUT2D eigenvalue weighted by Crippen LogP contribution is -2.23. The number of halogens is 2. The van der Waals surface area contributed by atoms with Gasteiger partial charge in [0.05, 0.1) is 0 Å². The molecule has 0 aliphatic carbocycles. The fourth-order valence-electron chi connectivity index (χ4n) is 2.58. The number of hydrogen-bond acceptors (Lipinski definition) is 1. The van der Waals surface area contributed by atoms with E-state index in [9.17, 15) is 0 Å². The highest BCUT2D eigenvalue weighted by Gasteiger charge is 2.14. The lowest BCUT2D eigenvalue weighted by atomic mass is 9.92. The Morgan fingerprint density at radius 1 is 0.952 bits per heavy atom. The summed E-state index contributed by atoms with van der Waals surface area (Å²) in [4.78, 5) is 0. The maximum absolute atomic E-state index is 6.29. The molecule has 0 radical (unpaired) electrons. The molecule has 1 nitrogen and oxygen atoms in total. The van der Waals surface area contributed by atoms with Crippen molar-refractivity contribution >= 4 is 23.2 Å². The van der Waals surface area contributed by atoms with Crippen molar-refractivity contribution in [2.45, 2.75) is 19.8 Å². The molecule has 2 aromatic rings. The molecular formula is C18H21Cl2N. The summed E-state index contributed by atoms with van der Waals surface area (Å²) in [5, 5.41) is 4.79. The highest BCUT2D eigenvalue weighted by Crippen LogP contribution is 2.27. The van der Waals surface area contributed by atoms with Crippen LogP contribution >= 0.6 is 23.2 Å². The molecule has 0 amide bonds. The molecular weight excluding hydrogens is 301 g/mol. The summed E-state index contributed by atoms with van der Waals surface area (Å²) in [6.45, 7) is 3.05. The first-order valence-electron chi connectivity index (χ1n) is 7.23. The van der Waals surface area contributed by atoms with Crippen LogP contribution in [0.5, 0.6) is 0 Å². The minimum Gasteiger partial charge on any atom is -0.319 e. The van der Waals surface area contributed by atoms with Gasteiger partial charge >= 0.3 is 0 Å². The highest BCUT2D eigenvalue weighted by molar-refractivity contribution is 6.35. The van der Waals surface area contributed by atoms with Crippen molar-refractivity contribution in [1.29, 1.82) is 0 Å². The van der Waals surface area contributed by atoms with Crippen LogP contribution in [0.4, 0.5) is 0 Å². The number of hydrogen-bond donors (Lipinski definition) is 1. The van der Waals surface area contributed by atoms with Crippen molar-refractivity contribution < 1.29 is 0 Å². The van der Waals surface area contributed by atoms with E-state index in [4.69, 9.17) is 23.2 Å². The van der Waals surface area contributed by atoms with E-state index in [0.717, 1.165) is 35.0 Å². The van der Waals surface area contributed by atoms with E-state index in [1.807, 2.05) is 25.2 Å². The van der Waals surface area contributed by atoms with Crippen molar-refractivity contribution in [2.75, 3.05) is 13.6 Å². The van der Waals surface area contributed by atoms with E-state index < -0.39 is 0 Å². The quantitative estimate of drug-likeness (QED) is 0.796. The van der Waals surface area contributed by atoms with Crippen molar-refractivity contribution in [3.05, 3.63) is 69.2 Å². The Labute approximate surface area is 137 Å². The lowest BCUT2D eigenvalue weighted by Gasteiger charge is -2.18. The van der Waals surface area contributed by atoms with Crippen LogP contribution < -0.4 is 5.32 Å². The van der Waals surface area contributed by atoms with Crippen LogP contribution in [0.25, 0.3) is 0 Å². The van der Waals surface area contributed by atoms with E-state index in [1.54, 1.807) is 0 Å². The molecule has 112 valence electrons. The summed E-state index contributed by atoms with van der Waals surface area (Å²) in [7, 11) is 1.98. The Morgan fingerprint density at radius 3 is 2.14 bits per heavy atom. The molecule has 3 heteroatoms. The third-order valence-corrected chi connectivity index (χ3v) is 4.40. The summed E-state index contributed by atoms with van der Waals surface area (Å²) in [6, 6.07) is 14.4. The summed E-state index contributed by atoms with van der Waals surface area (Å²) in [5.41, 5.74) is 3.69. The predicted molar refractivity (Wildman–Crippen MR) is 92.5 cm³/mol. The van der Waals surface area contributed by atoms with Gasteiger partial charge in [-0.25, -0.2) is 0 Å². The SMILES string of the molecule is CNCC(Cc1ccc(C)cc1)Cc1c(Cl)cccc1Cl. The molecule has 0 bridgehead atoms. The van der Waals surface area contributed by atoms with Gasteiger partial charge in [0.1, 0.15) is 0 Å². The maximum atomic E-state index is 6.29. The van der Waals surface area contributed by atoms with Crippen molar-refractivity contribution in [3.8, 4) is 0 Å². The average molecular weight is 322 g/mol. The zero-order valence-corrected chi connectivity index (χ0v) is 14.0. The van der Waals surface area contributed by atoms with Gasteiger partial charge in [-0.2, -0.15) is 0 Å². The van der Waals surface area contributed by atoms with E-state index in [1.165, 1.54) is 11.1 Å². The standard InChI is InChI=1S/C18H21Cl2N/c1-13-6-8-14(9-7-13)10-15(12-21-2)11-16-17(19)4-3-5-18(16)20/h3-9,15,21H,10-12H2,1-2H3. The van der Waals surface area contributed by atoms with Crippen LogP contribution in [-0.4, -0.2) is 13.6 Å².